The molecule has 0 N–H and O–H groups in total. The Morgan fingerprint density at radius 1 is 0.410 bits per heavy atom. The molecule has 0 radical (unpaired) electrons. The highest BCUT2D eigenvalue weighted by molar-refractivity contribution is 6.27. The third-order valence-electron chi connectivity index (χ3n) is 12.8. The van der Waals surface area contributed by atoms with E-state index in [0.29, 0.717) is 11.8 Å². The fourth-order valence-electron chi connectivity index (χ4n) is 9.71. The van der Waals surface area contributed by atoms with Crippen LogP contribution < -0.4 is 0 Å². The summed E-state index contributed by atoms with van der Waals surface area (Å²) >= 11 is 0. The standard InChI is InChI=1S/C54H42.C5H8.C2H6/c1-33-9-3-5-11-41(33)46-14-7-13-44(51(46)37-21-22-37)36-19-17-35(18-20-36)43-29-25-39-28-32-50-45(30-26-40-27-31-49(43)53(39)54(40)50)48-16-8-15-47(52(48)38-23-24-38)42-12-6-4-10-34(42)2;1-3-5-4-2;1-2/h3-20,25-32,37-38H,21-24H2,1-2H3;3-5H,1H2,2H3;1-2H3/b;5-4-;. The van der Waals surface area contributed by atoms with Gasteiger partial charge in [0.05, 0.1) is 0 Å². The van der Waals surface area contributed by atoms with Crippen molar-refractivity contribution in [2.24, 2.45) is 0 Å². The normalized spacial score (nSPS) is 13.6. The molecule has 0 unspecified atom stereocenters. The smallest absolute Gasteiger partial charge is 0.00203 e. The van der Waals surface area contributed by atoms with Crippen LogP contribution in [0.25, 0.3) is 88.0 Å². The van der Waals surface area contributed by atoms with E-state index in [1.165, 1.54) is 136 Å². The minimum absolute atomic E-state index is 0.620. The van der Waals surface area contributed by atoms with Gasteiger partial charge in [-0.2, -0.15) is 0 Å². The van der Waals surface area contributed by atoms with Crippen molar-refractivity contribution in [3.63, 3.8) is 0 Å². The Balaban J connectivity index is 0.000000637. The molecule has 300 valence electrons. The lowest BCUT2D eigenvalue weighted by atomic mass is 9.83. The molecule has 0 saturated heterocycles. The summed E-state index contributed by atoms with van der Waals surface area (Å²) in [5.41, 5.74) is 19.2. The van der Waals surface area contributed by atoms with E-state index in [0.717, 1.165) is 0 Å². The van der Waals surface area contributed by atoms with Crippen LogP contribution in [0.1, 0.15) is 80.5 Å². The first-order chi connectivity index (χ1) is 30.0. The second kappa shape index (κ2) is 17.2. The lowest BCUT2D eigenvalue weighted by Crippen LogP contribution is -1.96. The zero-order chi connectivity index (χ0) is 42.0. The van der Waals surface area contributed by atoms with Crippen molar-refractivity contribution in [2.75, 3.05) is 0 Å². The topological polar surface area (TPSA) is 0 Å². The maximum atomic E-state index is 3.46. The van der Waals surface area contributed by atoms with E-state index in [1.54, 1.807) is 6.08 Å². The van der Waals surface area contributed by atoms with Crippen LogP contribution in [-0.2, 0) is 0 Å². The predicted octanol–water partition coefficient (Wildman–Crippen LogP) is 18.1. The summed E-state index contributed by atoms with van der Waals surface area (Å²) in [5, 5.41) is 8.04. The van der Waals surface area contributed by atoms with Gasteiger partial charge in [0.2, 0.25) is 0 Å². The predicted molar refractivity (Wildman–Crippen MR) is 267 cm³/mol. The van der Waals surface area contributed by atoms with E-state index < -0.39 is 0 Å². The van der Waals surface area contributed by atoms with Crippen LogP contribution in [0, 0.1) is 13.8 Å². The largest absolute Gasteiger partial charge is 0.0991 e. The Morgan fingerprint density at radius 3 is 1.26 bits per heavy atom. The van der Waals surface area contributed by atoms with Crippen molar-refractivity contribution < 1.29 is 0 Å². The Bertz CT molecular complexity index is 3040. The summed E-state index contributed by atoms with van der Waals surface area (Å²) in [5.74, 6) is 1.26. The highest BCUT2D eigenvalue weighted by Crippen LogP contribution is 2.52. The molecule has 2 aliphatic rings. The van der Waals surface area contributed by atoms with Gasteiger partial charge in [-0.25, -0.2) is 0 Å². The first kappa shape index (κ1) is 39.9. The van der Waals surface area contributed by atoms with Crippen LogP contribution in [0.2, 0.25) is 0 Å². The Kier molecular flexibility index (Phi) is 11.3. The number of hydrogen-bond acceptors (Lipinski definition) is 0. The molecule has 2 saturated carbocycles. The summed E-state index contributed by atoms with van der Waals surface area (Å²) < 4.78 is 0. The number of benzene rings is 9. The van der Waals surface area contributed by atoms with E-state index in [2.05, 4.69) is 178 Å². The first-order valence-corrected chi connectivity index (χ1v) is 22.5. The Morgan fingerprint density at radius 2 is 0.803 bits per heavy atom. The average molecular weight is 789 g/mol. The number of hydrogen-bond donors (Lipinski definition) is 0. The maximum absolute atomic E-state index is 3.46. The molecule has 0 nitrogen and oxygen atoms in total. The molecule has 2 aliphatic carbocycles. The summed E-state index contributed by atoms with van der Waals surface area (Å²) in [6.45, 7) is 13.9. The van der Waals surface area contributed by atoms with Crippen molar-refractivity contribution in [3.8, 4) is 55.6 Å². The van der Waals surface area contributed by atoms with Crippen LogP contribution in [0.4, 0.5) is 0 Å². The molecular formula is C61H56. The quantitative estimate of drug-likeness (QED) is 0.106. The Hall–Kier alpha value is -6.50. The minimum atomic E-state index is 0.620. The number of allylic oxidation sites excluding steroid dienone is 3. The van der Waals surface area contributed by atoms with Crippen molar-refractivity contribution in [2.45, 2.75) is 72.1 Å². The van der Waals surface area contributed by atoms with E-state index in [4.69, 9.17) is 0 Å². The third kappa shape index (κ3) is 7.51. The highest BCUT2D eigenvalue weighted by Gasteiger charge is 2.31. The van der Waals surface area contributed by atoms with Gasteiger partial charge in [0.15, 0.2) is 0 Å². The van der Waals surface area contributed by atoms with E-state index >= 15 is 0 Å². The van der Waals surface area contributed by atoms with Gasteiger partial charge < -0.3 is 0 Å². The van der Waals surface area contributed by atoms with E-state index in [1.807, 2.05) is 32.9 Å². The average Bonchev–Trinajstić information content (AvgIpc) is 4.25. The molecule has 0 aromatic heterocycles. The highest BCUT2D eigenvalue weighted by atomic mass is 14.4. The lowest BCUT2D eigenvalue weighted by Gasteiger charge is -2.20. The molecule has 9 aromatic rings. The van der Waals surface area contributed by atoms with Gasteiger partial charge in [0.25, 0.3) is 0 Å². The molecule has 0 aliphatic heterocycles. The monoisotopic (exact) mass is 788 g/mol. The molecule has 0 amide bonds. The van der Waals surface area contributed by atoms with Crippen LogP contribution in [0.15, 0.2) is 183 Å². The molecule has 9 aromatic carbocycles. The van der Waals surface area contributed by atoms with Gasteiger partial charge >= 0.3 is 0 Å². The minimum Gasteiger partial charge on any atom is -0.0991 e. The maximum Gasteiger partial charge on any atom is -0.00203 e. The molecule has 61 heavy (non-hydrogen) atoms. The molecule has 11 rings (SSSR count). The van der Waals surface area contributed by atoms with Gasteiger partial charge in [-0.05, 0) is 168 Å². The van der Waals surface area contributed by atoms with Crippen molar-refractivity contribution in [1.82, 2.24) is 0 Å². The van der Waals surface area contributed by atoms with Gasteiger partial charge in [0.1, 0.15) is 0 Å². The molecular weight excluding hydrogens is 733 g/mol. The van der Waals surface area contributed by atoms with E-state index in [9.17, 15) is 0 Å². The molecule has 0 heteroatoms. The SMILES string of the molecule is C=C/C=C\C.CC.Cc1ccccc1-c1cccc(-c2ccc(-c3ccc4ccc5c(-c6cccc(-c7ccccc7C)c6C6CC6)ccc6ccc3c4c65)cc2)c1C1CC1. The van der Waals surface area contributed by atoms with Gasteiger partial charge in [-0.1, -0.05) is 196 Å². The summed E-state index contributed by atoms with van der Waals surface area (Å²) in [6, 6.07) is 59.9. The number of aryl methyl sites for hydroxylation is 2. The van der Waals surface area contributed by atoms with Crippen LogP contribution in [-0.4, -0.2) is 0 Å². The van der Waals surface area contributed by atoms with Crippen molar-refractivity contribution in [3.05, 3.63) is 205 Å². The van der Waals surface area contributed by atoms with Crippen LogP contribution in [0.5, 0.6) is 0 Å². The zero-order valence-electron chi connectivity index (χ0n) is 36.4. The molecule has 2 fully saturated rings. The van der Waals surface area contributed by atoms with Crippen molar-refractivity contribution in [1.29, 1.82) is 0 Å². The second-order valence-corrected chi connectivity index (χ2v) is 16.7. The molecule has 0 atom stereocenters. The third-order valence-corrected chi connectivity index (χ3v) is 12.8. The van der Waals surface area contributed by atoms with Crippen molar-refractivity contribution >= 4 is 32.3 Å². The molecule has 0 heterocycles. The second-order valence-electron chi connectivity index (χ2n) is 16.7. The lowest BCUT2D eigenvalue weighted by molar-refractivity contribution is 1.13. The van der Waals surface area contributed by atoms with Gasteiger partial charge in [-0.15, -0.1) is 0 Å². The Labute approximate surface area is 363 Å². The van der Waals surface area contributed by atoms with E-state index in [-0.39, 0.29) is 0 Å². The fraction of sp³-hybridized carbons (Fsp3) is 0.180. The molecule has 0 spiro atoms. The summed E-state index contributed by atoms with van der Waals surface area (Å²) in [4.78, 5) is 0. The number of rotatable bonds is 8. The fourth-order valence-corrected chi connectivity index (χ4v) is 9.71. The van der Waals surface area contributed by atoms with Crippen LogP contribution >= 0.6 is 0 Å². The first-order valence-electron chi connectivity index (χ1n) is 22.5. The summed E-state index contributed by atoms with van der Waals surface area (Å²) in [7, 11) is 0. The van der Waals surface area contributed by atoms with Crippen LogP contribution in [0.3, 0.4) is 0 Å². The molecule has 0 bridgehead atoms. The zero-order valence-corrected chi connectivity index (χ0v) is 36.4. The van der Waals surface area contributed by atoms with Gasteiger partial charge in [0, 0.05) is 0 Å². The summed E-state index contributed by atoms with van der Waals surface area (Å²) in [6.07, 6.45) is 10.7. The van der Waals surface area contributed by atoms with Gasteiger partial charge in [-0.3, -0.25) is 0 Å².